The van der Waals surface area contributed by atoms with Gasteiger partial charge in [-0.3, -0.25) is 0 Å². The zero-order chi connectivity index (χ0) is 46.7. The lowest BCUT2D eigenvalue weighted by Crippen LogP contribution is -2.32. The largest absolute Gasteiger partial charge is 0.310 e. The highest BCUT2D eigenvalue weighted by atomic mass is 15.1. The Balaban J connectivity index is 1.14. The molecule has 0 unspecified atom stereocenters. The van der Waals surface area contributed by atoms with Crippen molar-refractivity contribution in [2.45, 2.75) is 24.7 Å². The van der Waals surface area contributed by atoms with Crippen molar-refractivity contribution in [1.29, 1.82) is 0 Å². The molecule has 3 aliphatic rings. The van der Waals surface area contributed by atoms with E-state index in [-0.39, 0.29) is 35.6 Å². The molecular formula is C62H42N2. The van der Waals surface area contributed by atoms with Crippen LogP contribution in [0.2, 0.25) is 0 Å². The molecule has 0 fully saturated rings. The van der Waals surface area contributed by atoms with Crippen LogP contribution >= 0.6 is 0 Å². The Kier molecular flexibility index (Phi) is 6.20. The maximum absolute atomic E-state index is 10.6. The summed E-state index contributed by atoms with van der Waals surface area (Å²) in [5, 5.41) is 3.04. The van der Waals surface area contributed by atoms with Crippen molar-refractivity contribution < 1.29 is 6.85 Å². The first kappa shape index (κ1) is 31.0. The minimum atomic E-state index is -1.05. The van der Waals surface area contributed by atoms with Gasteiger partial charge in [0.2, 0.25) is 0 Å². The highest BCUT2D eigenvalue weighted by Crippen LogP contribution is 2.63. The SMILES string of the molecule is [2H]c1c([2H])c2c3c(c([2H])c([2H])c(N(c4ccc5c(c4)C(C)(C)c4ccccc4-5)c4ccc5c(c4)c4ccccc4n5-c4ccccc4)c3c1[2H])C1(c3ccccc3-c3ccccc31)c1ccccc1-2. The van der Waals surface area contributed by atoms with Crippen LogP contribution in [0, 0.1) is 0 Å². The summed E-state index contributed by atoms with van der Waals surface area (Å²) in [5.74, 6) is 0. The molecule has 1 spiro atoms. The summed E-state index contributed by atoms with van der Waals surface area (Å²) >= 11 is 0. The molecule has 14 rings (SSSR count). The molecule has 0 N–H and O–H groups in total. The molecule has 2 nitrogen and oxygen atoms in total. The molecule has 0 atom stereocenters. The van der Waals surface area contributed by atoms with Gasteiger partial charge >= 0.3 is 0 Å². The molecular weight excluding hydrogens is 773 g/mol. The summed E-state index contributed by atoms with van der Waals surface area (Å²) in [4.78, 5) is 2.07. The molecule has 1 heterocycles. The first-order chi connectivity index (χ1) is 33.6. The molecule has 1 aromatic heterocycles. The van der Waals surface area contributed by atoms with Gasteiger partial charge in [0.15, 0.2) is 0 Å². The second kappa shape index (κ2) is 12.8. The van der Waals surface area contributed by atoms with Crippen molar-refractivity contribution in [3.63, 3.8) is 0 Å². The fourth-order valence-electron chi connectivity index (χ4n) is 11.9. The number of anilines is 3. The van der Waals surface area contributed by atoms with E-state index in [4.69, 9.17) is 0 Å². The fraction of sp³-hybridized carbons (Fsp3) is 0.0645. The molecule has 0 saturated heterocycles. The summed E-state index contributed by atoms with van der Waals surface area (Å²) in [6.07, 6.45) is 0. The highest BCUT2D eigenvalue weighted by molar-refractivity contribution is 6.14. The number of benzene rings is 10. The summed E-state index contributed by atoms with van der Waals surface area (Å²) in [6.45, 7) is 4.52. The molecule has 3 aliphatic carbocycles. The van der Waals surface area contributed by atoms with Gasteiger partial charge in [-0.25, -0.2) is 0 Å². The molecule has 2 heteroatoms. The number of nitrogens with zero attached hydrogens (tertiary/aromatic N) is 2. The molecule has 10 aromatic carbocycles. The lowest BCUT2D eigenvalue weighted by molar-refractivity contribution is 0.660. The predicted molar refractivity (Wildman–Crippen MR) is 267 cm³/mol. The number of hydrogen-bond donors (Lipinski definition) is 0. The molecule has 64 heavy (non-hydrogen) atoms. The van der Waals surface area contributed by atoms with E-state index in [0.29, 0.717) is 27.6 Å². The standard InChI is InChI=1S/C62H42N2/c1-61(2)51-26-11-6-19-42(51)46-33-31-41(38-56(46)61)63(40-32-35-59-50(37-40)47-23-10-15-30-57(47)64(59)39-17-4-3-5-18-39)58-36-34-55-60-48(24-16-25-49(58)60)45-22-9-14-29-54(45)62(55)52-27-12-7-20-43(52)44-21-8-13-28-53(44)62/h3-38H,1-2H3/i16D,24D,25D,34D,36D. The normalized spacial score (nSPS) is 15.4. The van der Waals surface area contributed by atoms with Crippen LogP contribution in [-0.2, 0) is 10.8 Å². The van der Waals surface area contributed by atoms with Crippen LogP contribution in [0.25, 0.3) is 71.6 Å². The zero-order valence-electron chi connectivity index (χ0n) is 40.3. The van der Waals surface area contributed by atoms with Crippen molar-refractivity contribution in [1.82, 2.24) is 4.57 Å². The molecule has 300 valence electrons. The summed E-state index contributed by atoms with van der Waals surface area (Å²) in [5.41, 5.74) is 15.2. The third kappa shape index (κ3) is 4.49. The quantitative estimate of drug-likeness (QED) is 0.172. The Labute approximate surface area is 380 Å². The average molecular weight is 820 g/mol. The van der Waals surface area contributed by atoms with Crippen molar-refractivity contribution >= 4 is 49.6 Å². The molecule has 11 aromatic rings. The van der Waals surface area contributed by atoms with Crippen LogP contribution in [0.15, 0.2) is 218 Å². The Hall–Kier alpha value is -7.94. The van der Waals surface area contributed by atoms with Gasteiger partial charge in [0.1, 0.15) is 0 Å². The number of aromatic nitrogens is 1. The first-order valence-corrected chi connectivity index (χ1v) is 22.1. The van der Waals surface area contributed by atoms with Gasteiger partial charge in [-0.15, -0.1) is 0 Å². The van der Waals surface area contributed by atoms with Crippen LogP contribution in [0.5, 0.6) is 0 Å². The smallest absolute Gasteiger partial charge is 0.0725 e. The number of fused-ring (bicyclic) bond motifs is 15. The van der Waals surface area contributed by atoms with E-state index in [0.717, 1.165) is 83.4 Å². The Bertz CT molecular complexity index is 4030. The lowest BCUT2D eigenvalue weighted by Gasteiger charge is -2.40. The minimum Gasteiger partial charge on any atom is -0.310 e. The molecule has 0 aliphatic heterocycles. The lowest BCUT2D eigenvalue weighted by atomic mass is 9.61. The maximum atomic E-state index is 10.6. The molecule has 0 bridgehead atoms. The van der Waals surface area contributed by atoms with Gasteiger partial charge in [-0.2, -0.15) is 0 Å². The highest BCUT2D eigenvalue weighted by Gasteiger charge is 2.50. The number of para-hydroxylation sites is 2. The van der Waals surface area contributed by atoms with Gasteiger partial charge in [0.25, 0.3) is 0 Å². The Morgan fingerprint density at radius 1 is 0.406 bits per heavy atom. The van der Waals surface area contributed by atoms with Crippen LogP contribution in [0.4, 0.5) is 17.1 Å². The van der Waals surface area contributed by atoms with E-state index < -0.39 is 5.41 Å². The van der Waals surface area contributed by atoms with Crippen LogP contribution in [-0.4, -0.2) is 4.57 Å². The summed E-state index contributed by atoms with van der Waals surface area (Å²) < 4.78 is 53.0. The summed E-state index contributed by atoms with van der Waals surface area (Å²) in [6, 6.07) is 64.7. The van der Waals surface area contributed by atoms with Gasteiger partial charge in [-0.05, 0) is 127 Å². The van der Waals surface area contributed by atoms with Crippen molar-refractivity contribution in [3.05, 3.63) is 252 Å². The van der Waals surface area contributed by atoms with Crippen LogP contribution < -0.4 is 4.90 Å². The predicted octanol–water partition coefficient (Wildman–Crippen LogP) is 16.1. The van der Waals surface area contributed by atoms with Gasteiger partial charge < -0.3 is 9.47 Å². The third-order valence-electron chi connectivity index (χ3n) is 14.6. The Morgan fingerprint density at radius 3 is 1.67 bits per heavy atom. The van der Waals surface area contributed by atoms with Crippen LogP contribution in [0.1, 0.15) is 54.1 Å². The van der Waals surface area contributed by atoms with Crippen molar-refractivity contribution in [2.75, 3.05) is 4.90 Å². The second-order valence-corrected chi connectivity index (χ2v) is 18.0. The van der Waals surface area contributed by atoms with E-state index in [9.17, 15) is 6.85 Å². The fourth-order valence-corrected chi connectivity index (χ4v) is 11.9. The number of hydrogen-bond acceptors (Lipinski definition) is 1. The second-order valence-electron chi connectivity index (χ2n) is 18.0. The summed E-state index contributed by atoms with van der Waals surface area (Å²) in [7, 11) is 0. The topological polar surface area (TPSA) is 8.17 Å². The molecule has 0 radical (unpaired) electrons. The molecule has 0 amide bonds. The monoisotopic (exact) mass is 819 g/mol. The maximum Gasteiger partial charge on any atom is 0.0725 e. The van der Waals surface area contributed by atoms with E-state index in [1.165, 1.54) is 11.1 Å². The average Bonchev–Trinajstić information content (AvgIpc) is 3.96. The van der Waals surface area contributed by atoms with E-state index >= 15 is 0 Å². The van der Waals surface area contributed by atoms with Gasteiger partial charge in [0.05, 0.1) is 29.0 Å². The molecule has 0 saturated carbocycles. The minimum absolute atomic E-state index is 0.0249. The van der Waals surface area contributed by atoms with E-state index in [1.807, 2.05) is 48.5 Å². The van der Waals surface area contributed by atoms with Crippen molar-refractivity contribution in [2.24, 2.45) is 0 Å². The number of rotatable bonds is 4. The van der Waals surface area contributed by atoms with E-state index in [1.54, 1.807) is 0 Å². The van der Waals surface area contributed by atoms with Gasteiger partial charge in [-0.1, -0.05) is 178 Å². The van der Waals surface area contributed by atoms with E-state index in [2.05, 4.69) is 163 Å². The third-order valence-corrected chi connectivity index (χ3v) is 14.6. The Morgan fingerprint density at radius 2 is 0.953 bits per heavy atom. The zero-order valence-corrected chi connectivity index (χ0v) is 35.3. The van der Waals surface area contributed by atoms with Crippen LogP contribution in [0.3, 0.4) is 0 Å². The first-order valence-electron chi connectivity index (χ1n) is 24.6. The van der Waals surface area contributed by atoms with Crippen molar-refractivity contribution in [3.8, 4) is 39.1 Å². The van der Waals surface area contributed by atoms with Gasteiger partial charge in [0, 0.05) is 38.6 Å².